The van der Waals surface area contributed by atoms with E-state index in [1.807, 2.05) is 6.07 Å². The second-order valence-corrected chi connectivity index (χ2v) is 7.68. The lowest BCUT2D eigenvalue weighted by molar-refractivity contribution is -0.143. The molecule has 132 valence electrons. The molecule has 2 aromatic heterocycles. The van der Waals surface area contributed by atoms with Crippen LogP contribution in [-0.4, -0.2) is 48.6 Å². The van der Waals surface area contributed by atoms with Gasteiger partial charge >= 0.3 is 6.18 Å². The van der Waals surface area contributed by atoms with Crippen molar-refractivity contribution >= 4 is 40.2 Å². The minimum atomic E-state index is -4.21. The van der Waals surface area contributed by atoms with Gasteiger partial charge in [0.15, 0.2) is 0 Å². The molecule has 2 aromatic rings. The monoisotopic (exact) mass is 397 g/mol. The highest BCUT2D eigenvalue weighted by atomic mass is 35.5. The number of nitrogens with zero attached hydrogens (tertiary/aromatic N) is 2. The van der Waals surface area contributed by atoms with E-state index in [0.717, 1.165) is 4.88 Å². The van der Waals surface area contributed by atoms with Crippen LogP contribution in [0.1, 0.15) is 16.9 Å². The Balaban J connectivity index is 1.76. The van der Waals surface area contributed by atoms with Gasteiger partial charge in [-0.25, -0.2) is 4.98 Å². The lowest BCUT2D eigenvalue weighted by atomic mass is 10.3. The van der Waals surface area contributed by atoms with Crippen molar-refractivity contribution in [2.45, 2.75) is 12.6 Å². The molecule has 10 heteroatoms. The number of amides is 1. The van der Waals surface area contributed by atoms with Crippen molar-refractivity contribution in [3.05, 3.63) is 27.5 Å². The number of carbonyl (C=O) groups excluding carboxylic acids is 1. The SMILES string of the molecule is CN(CCCNC(=O)c1csc(-c2ccc(Cl)s2)n1)CC(F)(F)F. The summed E-state index contributed by atoms with van der Waals surface area (Å²) in [6.45, 7) is -0.422. The maximum absolute atomic E-state index is 12.2. The third-order valence-electron chi connectivity index (χ3n) is 2.97. The second kappa shape index (κ2) is 8.28. The summed E-state index contributed by atoms with van der Waals surface area (Å²) in [6, 6.07) is 3.60. The molecule has 0 saturated heterocycles. The van der Waals surface area contributed by atoms with Crippen LogP contribution < -0.4 is 5.32 Å². The zero-order valence-electron chi connectivity index (χ0n) is 12.7. The third-order valence-corrected chi connectivity index (χ3v) is 5.21. The van der Waals surface area contributed by atoms with Gasteiger partial charge in [-0.3, -0.25) is 9.69 Å². The van der Waals surface area contributed by atoms with Crippen molar-refractivity contribution in [2.75, 3.05) is 26.7 Å². The molecule has 0 aliphatic heterocycles. The zero-order chi connectivity index (χ0) is 17.7. The summed E-state index contributed by atoms with van der Waals surface area (Å²) in [5.74, 6) is -0.335. The van der Waals surface area contributed by atoms with Crippen molar-refractivity contribution in [3.8, 4) is 9.88 Å². The summed E-state index contributed by atoms with van der Waals surface area (Å²) in [7, 11) is 1.40. The van der Waals surface area contributed by atoms with E-state index in [-0.39, 0.29) is 12.5 Å². The topological polar surface area (TPSA) is 45.2 Å². The number of aromatic nitrogens is 1. The second-order valence-electron chi connectivity index (χ2n) is 5.10. The van der Waals surface area contributed by atoms with E-state index in [4.69, 9.17) is 11.6 Å². The fraction of sp³-hybridized carbons (Fsp3) is 0.429. The highest BCUT2D eigenvalue weighted by Gasteiger charge is 2.28. The zero-order valence-corrected chi connectivity index (χ0v) is 15.1. The van der Waals surface area contributed by atoms with E-state index in [1.54, 1.807) is 11.4 Å². The molecule has 1 N–H and O–H groups in total. The standard InChI is InChI=1S/C14H15ClF3N3OS2/c1-21(8-14(16,17)18)6-2-5-19-12(22)9-7-23-13(20-9)10-3-4-11(15)24-10/h3-4,7H,2,5-6,8H2,1H3,(H,19,22). The molecule has 4 nitrogen and oxygen atoms in total. The summed E-state index contributed by atoms with van der Waals surface area (Å²) < 4.78 is 37.2. The number of carbonyl (C=O) groups is 1. The summed E-state index contributed by atoms with van der Waals surface area (Å²) >= 11 is 8.59. The van der Waals surface area contributed by atoms with Gasteiger partial charge in [-0.1, -0.05) is 11.6 Å². The van der Waals surface area contributed by atoms with E-state index in [2.05, 4.69) is 10.3 Å². The van der Waals surface area contributed by atoms with Gasteiger partial charge in [-0.05, 0) is 32.1 Å². The Bertz CT molecular complexity index is 687. The van der Waals surface area contributed by atoms with Gasteiger partial charge in [0.1, 0.15) is 10.7 Å². The first-order valence-corrected chi connectivity index (χ1v) is 9.07. The summed E-state index contributed by atoms with van der Waals surface area (Å²) in [5, 5.41) is 5.02. The fourth-order valence-electron chi connectivity index (χ4n) is 1.95. The number of hydrogen-bond donors (Lipinski definition) is 1. The first kappa shape index (κ1) is 19.2. The third kappa shape index (κ3) is 6.04. The number of nitrogens with one attached hydrogen (secondary N) is 1. The van der Waals surface area contributed by atoms with Crippen molar-refractivity contribution in [1.29, 1.82) is 0 Å². The van der Waals surface area contributed by atoms with E-state index in [0.29, 0.717) is 28.0 Å². The molecule has 0 aliphatic carbocycles. The van der Waals surface area contributed by atoms with Gasteiger partial charge in [0, 0.05) is 11.9 Å². The van der Waals surface area contributed by atoms with Crippen molar-refractivity contribution in [1.82, 2.24) is 15.2 Å². The van der Waals surface area contributed by atoms with Crippen LogP contribution in [0.2, 0.25) is 4.34 Å². The largest absolute Gasteiger partial charge is 0.401 e. The van der Waals surface area contributed by atoms with Crippen molar-refractivity contribution in [2.24, 2.45) is 0 Å². The normalized spacial score (nSPS) is 11.9. The highest BCUT2D eigenvalue weighted by molar-refractivity contribution is 7.23. The lowest BCUT2D eigenvalue weighted by Gasteiger charge is -2.18. The molecule has 0 spiro atoms. The van der Waals surface area contributed by atoms with Gasteiger partial charge < -0.3 is 5.32 Å². The maximum Gasteiger partial charge on any atom is 0.401 e. The summed E-state index contributed by atoms with van der Waals surface area (Å²) in [5.41, 5.74) is 0.295. The molecule has 0 atom stereocenters. The van der Waals surface area contributed by atoms with Crippen LogP contribution >= 0.6 is 34.3 Å². The highest BCUT2D eigenvalue weighted by Crippen LogP contribution is 2.32. The Morgan fingerprint density at radius 1 is 1.42 bits per heavy atom. The van der Waals surface area contributed by atoms with Crippen LogP contribution in [0.25, 0.3) is 9.88 Å². The van der Waals surface area contributed by atoms with E-state index >= 15 is 0 Å². The molecular weight excluding hydrogens is 383 g/mol. The minimum absolute atomic E-state index is 0.246. The molecule has 0 aromatic carbocycles. The number of thiazole rings is 1. The van der Waals surface area contributed by atoms with Crippen LogP contribution in [0.3, 0.4) is 0 Å². The van der Waals surface area contributed by atoms with E-state index < -0.39 is 12.7 Å². The van der Waals surface area contributed by atoms with Crippen LogP contribution in [-0.2, 0) is 0 Å². The Kier molecular flexibility index (Phi) is 6.62. The Morgan fingerprint density at radius 2 is 2.17 bits per heavy atom. The van der Waals surface area contributed by atoms with Crippen molar-refractivity contribution in [3.63, 3.8) is 0 Å². The molecule has 1 amide bonds. The number of rotatable bonds is 7. The molecular formula is C14H15ClF3N3OS2. The molecule has 0 fully saturated rings. The quantitative estimate of drug-likeness (QED) is 0.714. The predicted molar refractivity (Wildman–Crippen MR) is 90.9 cm³/mol. The number of thiophene rings is 1. The number of alkyl halides is 3. The Morgan fingerprint density at radius 3 is 2.79 bits per heavy atom. The molecule has 0 aliphatic rings. The van der Waals surface area contributed by atoms with Crippen LogP contribution in [0, 0.1) is 0 Å². The fourth-order valence-corrected chi connectivity index (χ4v) is 3.86. The Hall–Kier alpha value is -1.16. The first-order chi connectivity index (χ1) is 11.2. The average Bonchev–Trinajstić information content (AvgIpc) is 3.10. The molecule has 24 heavy (non-hydrogen) atoms. The molecule has 2 heterocycles. The first-order valence-electron chi connectivity index (χ1n) is 6.99. The summed E-state index contributed by atoms with van der Waals surface area (Å²) in [4.78, 5) is 18.3. The van der Waals surface area contributed by atoms with Crippen LogP contribution in [0.4, 0.5) is 13.2 Å². The maximum atomic E-state index is 12.2. The van der Waals surface area contributed by atoms with Crippen LogP contribution in [0.15, 0.2) is 17.5 Å². The minimum Gasteiger partial charge on any atom is -0.351 e. The van der Waals surface area contributed by atoms with E-state index in [1.165, 1.54) is 34.6 Å². The molecule has 0 bridgehead atoms. The summed E-state index contributed by atoms with van der Waals surface area (Å²) in [6.07, 6.45) is -3.78. The smallest absolute Gasteiger partial charge is 0.351 e. The van der Waals surface area contributed by atoms with Gasteiger partial charge in [-0.2, -0.15) is 13.2 Å². The molecule has 0 radical (unpaired) electrons. The Labute approximate surface area is 150 Å². The molecule has 2 rings (SSSR count). The molecule has 0 unspecified atom stereocenters. The van der Waals surface area contributed by atoms with Crippen molar-refractivity contribution < 1.29 is 18.0 Å². The number of hydrogen-bond acceptors (Lipinski definition) is 5. The van der Waals surface area contributed by atoms with E-state index in [9.17, 15) is 18.0 Å². The van der Waals surface area contributed by atoms with Crippen LogP contribution in [0.5, 0.6) is 0 Å². The average molecular weight is 398 g/mol. The molecule has 0 saturated carbocycles. The lowest BCUT2D eigenvalue weighted by Crippen LogP contribution is -2.33. The number of halogens is 4. The predicted octanol–water partition coefficient (Wildman–Crippen LogP) is 4.14. The van der Waals surface area contributed by atoms with Gasteiger partial charge in [0.2, 0.25) is 0 Å². The van der Waals surface area contributed by atoms with Gasteiger partial charge in [-0.15, -0.1) is 22.7 Å². The van der Waals surface area contributed by atoms with Gasteiger partial charge in [0.05, 0.1) is 15.8 Å². The van der Waals surface area contributed by atoms with Gasteiger partial charge in [0.25, 0.3) is 5.91 Å².